The molecule has 0 spiro atoms. The van der Waals surface area contributed by atoms with Crippen LogP contribution in [0.1, 0.15) is 53.4 Å². The van der Waals surface area contributed by atoms with E-state index in [1.54, 1.807) is 12.0 Å². The Morgan fingerprint density at radius 1 is 1.29 bits per heavy atom. The molecular weight excluding hydrogens is 218 g/mol. The van der Waals surface area contributed by atoms with Gasteiger partial charge in [-0.05, 0) is 40.5 Å². The third kappa shape index (κ3) is 4.46. The number of carbonyl (C=O) groups excluding carboxylic acids is 2. The molecule has 0 unspecified atom stereocenters. The van der Waals surface area contributed by atoms with Crippen molar-refractivity contribution >= 4 is 11.8 Å². The van der Waals surface area contributed by atoms with Crippen LogP contribution in [0.4, 0.5) is 0 Å². The molecular formula is C13H23NO3. The van der Waals surface area contributed by atoms with Gasteiger partial charge in [0.1, 0.15) is 5.78 Å². The Morgan fingerprint density at radius 3 is 2.47 bits per heavy atom. The second-order valence-electron chi connectivity index (χ2n) is 5.83. The van der Waals surface area contributed by atoms with Crippen LogP contribution < -0.4 is 0 Å². The highest BCUT2D eigenvalue weighted by Gasteiger charge is 2.31. The van der Waals surface area contributed by atoms with Gasteiger partial charge < -0.3 is 4.84 Å². The normalized spacial score (nSPS) is 22.2. The maximum atomic E-state index is 11.8. The van der Waals surface area contributed by atoms with Gasteiger partial charge >= 0.3 is 5.97 Å². The topological polar surface area (TPSA) is 46.6 Å². The van der Waals surface area contributed by atoms with Crippen LogP contribution in [-0.2, 0) is 14.4 Å². The summed E-state index contributed by atoms with van der Waals surface area (Å²) in [5.41, 5.74) is -0.502. The van der Waals surface area contributed by atoms with E-state index in [1.807, 2.05) is 20.8 Å². The fourth-order valence-electron chi connectivity index (χ4n) is 1.87. The Labute approximate surface area is 103 Å². The van der Waals surface area contributed by atoms with E-state index in [-0.39, 0.29) is 17.8 Å². The Balaban J connectivity index is 2.59. The lowest BCUT2D eigenvalue weighted by Crippen LogP contribution is -2.44. The highest BCUT2D eigenvalue weighted by molar-refractivity contribution is 5.76. The quantitative estimate of drug-likeness (QED) is 0.760. The zero-order valence-corrected chi connectivity index (χ0v) is 11.3. The van der Waals surface area contributed by atoms with Crippen LogP contribution in [0.5, 0.6) is 0 Å². The predicted molar refractivity (Wildman–Crippen MR) is 65.2 cm³/mol. The summed E-state index contributed by atoms with van der Waals surface area (Å²) in [6, 6.07) is 0.0625. The molecule has 1 aliphatic heterocycles. The monoisotopic (exact) mass is 241 g/mol. The number of rotatable bonds is 3. The van der Waals surface area contributed by atoms with E-state index in [4.69, 9.17) is 4.84 Å². The average molecular weight is 241 g/mol. The summed E-state index contributed by atoms with van der Waals surface area (Å²) in [5, 5.41) is 1.71. The zero-order valence-electron chi connectivity index (χ0n) is 11.3. The van der Waals surface area contributed by atoms with Gasteiger partial charge in [-0.15, -0.1) is 5.06 Å². The van der Waals surface area contributed by atoms with E-state index in [1.165, 1.54) is 0 Å². The van der Waals surface area contributed by atoms with Gasteiger partial charge in [0.25, 0.3) is 0 Å². The predicted octanol–water partition coefficient (Wildman–Crippen LogP) is 2.32. The van der Waals surface area contributed by atoms with Crippen molar-refractivity contribution in [2.24, 2.45) is 5.41 Å². The van der Waals surface area contributed by atoms with Gasteiger partial charge in [-0.25, -0.2) is 4.79 Å². The highest BCUT2D eigenvalue weighted by atomic mass is 16.7. The second-order valence-corrected chi connectivity index (χ2v) is 5.83. The van der Waals surface area contributed by atoms with Crippen LogP contribution in [0.3, 0.4) is 0 Å². The van der Waals surface area contributed by atoms with Gasteiger partial charge in [0.2, 0.25) is 0 Å². The summed E-state index contributed by atoms with van der Waals surface area (Å²) >= 11 is 0. The first-order chi connectivity index (χ1) is 7.80. The first-order valence-corrected chi connectivity index (χ1v) is 6.29. The molecule has 0 aromatic heterocycles. The van der Waals surface area contributed by atoms with E-state index in [9.17, 15) is 9.59 Å². The van der Waals surface area contributed by atoms with Gasteiger partial charge in [0.05, 0.1) is 11.5 Å². The summed E-state index contributed by atoms with van der Waals surface area (Å²) in [6.45, 7) is 7.82. The molecule has 1 rings (SSSR count). The van der Waals surface area contributed by atoms with E-state index in [0.717, 1.165) is 25.8 Å². The fourth-order valence-corrected chi connectivity index (χ4v) is 1.87. The highest BCUT2D eigenvalue weighted by Crippen LogP contribution is 2.23. The maximum Gasteiger partial charge on any atom is 0.330 e. The van der Waals surface area contributed by atoms with Gasteiger partial charge in [-0.1, -0.05) is 6.42 Å². The number of piperidine rings is 1. The number of hydroxylamine groups is 2. The molecule has 98 valence electrons. The lowest BCUT2D eigenvalue weighted by molar-refractivity contribution is -0.217. The fraction of sp³-hybridized carbons (Fsp3) is 0.846. The molecule has 1 aliphatic rings. The molecule has 0 radical (unpaired) electrons. The lowest BCUT2D eigenvalue weighted by atomic mass is 9.97. The number of ketones is 1. The first kappa shape index (κ1) is 14.2. The second kappa shape index (κ2) is 5.63. The van der Waals surface area contributed by atoms with Crippen molar-refractivity contribution in [3.05, 3.63) is 0 Å². The molecule has 0 aliphatic carbocycles. The smallest absolute Gasteiger partial charge is 0.330 e. The third-order valence-electron chi connectivity index (χ3n) is 2.91. The molecule has 4 nitrogen and oxygen atoms in total. The average Bonchev–Trinajstić information content (AvgIpc) is 2.18. The molecule has 4 heteroatoms. The van der Waals surface area contributed by atoms with E-state index >= 15 is 0 Å². The first-order valence-electron chi connectivity index (χ1n) is 6.29. The van der Waals surface area contributed by atoms with Crippen LogP contribution in [0.2, 0.25) is 0 Å². The largest absolute Gasteiger partial charge is 0.367 e. The molecule has 0 aromatic carbocycles. The molecule has 1 fully saturated rings. The molecule has 17 heavy (non-hydrogen) atoms. The SMILES string of the molecule is CC(=O)C[C@@H]1CCCCN1OC(=O)C(C)(C)C. The van der Waals surface area contributed by atoms with Crippen molar-refractivity contribution in [1.29, 1.82) is 0 Å². The van der Waals surface area contributed by atoms with Crippen LogP contribution in [-0.4, -0.2) is 29.4 Å². The van der Waals surface area contributed by atoms with Gasteiger partial charge in [0.15, 0.2) is 0 Å². The van der Waals surface area contributed by atoms with Crippen molar-refractivity contribution in [2.75, 3.05) is 6.54 Å². The maximum absolute atomic E-state index is 11.8. The Bertz CT molecular complexity index is 294. The Kier molecular flexibility index (Phi) is 4.69. The Morgan fingerprint density at radius 2 is 1.94 bits per heavy atom. The van der Waals surface area contributed by atoms with Crippen molar-refractivity contribution in [3.63, 3.8) is 0 Å². The van der Waals surface area contributed by atoms with Gasteiger partial charge in [0, 0.05) is 13.0 Å². The third-order valence-corrected chi connectivity index (χ3v) is 2.91. The number of Topliss-reactive ketones (excluding diaryl/α,β-unsaturated/α-hetero) is 1. The summed E-state index contributed by atoms with van der Waals surface area (Å²) in [5.74, 6) is -0.0818. The summed E-state index contributed by atoms with van der Waals surface area (Å²) in [6.07, 6.45) is 3.52. The summed E-state index contributed by atoms with van der Waals surface area (Å²) in [7, 11) is 0. The number of carbonyl (C=O) groups is 2. The molecule has 1 saturated heterocycles. The standard InChI is InChI=1S/C13H23NO3/c1-10(15)9-11-7-5-6-8-14(11)17-12(16)13(2,3)4/h11H,5-9H2,1-4H3/t11-/m0/s1. The minimum atomic E-state index is -0.502. The van der Waals surface area contributed by atoms with E-state index in [0.29, 0.717) is 6.42 Å². The minimum Gasteiger partial charge on any atom is -0.367 e. The molecule has 1 atom stereocenters. The van der Waals surface area contributed by atoms with Crippen molar-refractivity contribution in [3.8, 4) is 0 Å². The number of hydrogen-bond donors (Lipinski definition) is 0. The van der Waals surface area contributed by atoms with Crippen LogP contribution in [0.15, 0.2) is 0 Å². The van der Waals surface area contributed by atoms with Crippen molar-refractivity contribution in [2.45, 2.75) is 59.4 Å². The molecule has 0 bridgehead atoms. The molecule has 0 N–H and O–H groups in total. The Hall–Kier alpha value is -0.900. The van der Waals surface area contributed by atoms with Gasteiger partial charge in [-0.3, -0.25) is 4.79 Å². The molecule has 0 amide bonds. The lowest BCUT2D eigenvalue weighted by Gasteiger charge is -2.34. The van der Waals surface area contributed by atoms with E-state index in [2.05, 4.69) is 0 Å². The molecule has 0 saturated carbocycles. The summed E-state index contributed by atoms with van der Waals surface area (Å²) in [4.78, 5) is 28.4. The van der Waals surface area contributed by atoms with Gasteiger partial charge in [-0.2, -0.15) is 0 Å². The number of nitrogens with zero attached hydrogens (tertiary/aromatic N) is 1. The molecule has 1 heterocycles. The number of hydrogen-bond acceptors (Lipinski definition) is 4. The van der Waals surface area contributed by atoms with Crippen LogP contribution in [0, 0.1) is 5.41 Å². The molecule has 0 aromatic rings. The van der Waals surface area contributed by atoms with Crippen molar-refractivity contribution in [1.82, 2.24) is 5.06 Å². The summed E-state index contributed by atoms with van der Waals surface area (Å²) < 4.78 is 0. The van der Waals surface area contributed by atoms with Crippen molar-refractivity contribution < 1.29 is 14.4 Å². The minimum absolute atomic E-state index is 0.0625. The van der Waals surface area contributed by atoms with Crippen LogP contribution >= 0.6 is 0 Å². The van der Waals surface area contributed by atoms with Crippen LogP contribution in [0.25, 0.3) is 0 Å². The van der Waals surface area contributed by atoms with E-state index < -0.39 is 5.41 Å². The zero-order chi connectivity index (χ0) is 13.1.